The molecule has 2 fully saturated rings. The van der Waals surface area contributed by atoms with Crippen LogP contribution in [0.2, 0.25) is 0 Å². The van der Waals surface area contributed by atoms with Crippen molar-refractivity contribution in [1.82, 2.24) is 14.1 Å². The van der Waals surface area contributed by atoms with Gasteiger partial charge in [0.1, 0.15) is 0 Å². The number of piperidine rings is 1. The predicted molar refractivity (Wildman–Crippen MR) is 126 cm³/mol. The van der Waals surface area contributed by atoms with Gasteiger partial charge in [-0.25, -0.2) is 17.5 Å². The largest absolute Gasteiger partial charge is 0.327 e. The van der Waals surface area contributed by atoms with E-state index >= 15 is 0 Å². The topological polar surface area (TPSA) is 78.0 Å². The smallest absolute Gasteiger partial charge is 0.323 e. The highest BCUT2D eigenvalue weighted by molar-refractivity contribution is 7.88. The molecule has 0 bridgehead atoms. The first-order valence-corrected chi connectivity index (χ1v) is 13.1. The van der Waals surface area contributed by atoms with Gasteiger partial charge in [-0.1, -0.05) is 43.3 Å². The second-order valence-corrected chi connectivity index (χ2v) is 11.2. The van der Waals surface area contributed by atoms with Gasteiger partial charge in [-0.15, -0.1) is 6.58 Å². The van der Waals surface area contributed by atoms with Crippen LogP contribution in [0.1, 0.15) is 44.6 Å². The van der Waals surface area contributed by atoms with Crippen LogP contribution in [0.25, 0.3) is 0 Å². The lowest BCUT2D eigenvalue weighted by atomic mass is 9.78. The summed E-state index contributed by atoms with van der Waals surface area (Å²) < 4.78 is 25.4. The molecule has 2 saturated heterocycles. The highest BCUT2D eigenvalue weighted by atomic mass is 32.2. The van der Waals surface area contributed by atoms with Gasteiger partial charge in [0.15, 0.2) is 0 Å². The van der Waals surface area contributed by atoms with Crippen molar-refractivity contribution in [1.29, 1.82) is 0 Å². The van der Waals surface area contributed by atoms with Gasteiger partial charge < -0.3 is 4.90 Å². The van der Waals surface area contributed by atoms with Gasteiger partial charge in [0.25, 0.3) is 0 Å². The number of carbonyl (C=O) groups is 2. The van der Waals surface area contributed by atoms with Gasteiger partial charge in [-0.05, 0) is 43.1 Å². The molecule has 4 atom stereocenters. The Morgan fingerprint density at radius 2 is 1.81 bits per heavy atom. The van der Waals surface area contributed by atoms with E-state index in [9.17, 15) is 18.0 Å². The van der Waals surface area contributed by atoms with Crippen molar-refractivity contribution >= 4 is 22.0 Å². The number of carbonyl (C=O) groups excluding carboxylic acids is 2. The number of rotatable bonds is 7. The van der Waals surface area contributed by atoms with E-state index in [0.717, 1.165) is 5.56 Å². The molecular formula is C24H35N3O4S. The number of likely N-dealkylation sites (N-methyl/N-ethyl adjacent to an activating group) is 1. The molecule has 2 heterocycles. The molecule has 2 aliphatic heterocycles. The fourth-order valence-electron chi connectivity index (χ4n) is 5.16. The number of sulfonamides is 1. The Kier molecular flexibility index (Phi) is 7.45. The molecule has 8 heteroatoms. The average molecular weight is 462 g/mol. The SMILES string of the molecule is C=CC(C)C1C(C)N(C)C(=O)N1C(=O)CC(c1ccccc1)C1CCN(S(C)(=O)=O)CC1. The van der Waals surface area contributed by atoms with Crippen molar-refractivity contribution in [2.75, 3.05) is 26.4 Å². The number of amides is 3. The van der Waals surface area contributed by atoms with Crippen molar-refractivity contribution in [3.05, 3.63) is 48.6 Å². The van der Waals surface area contributed by atoms with Gasteiger partial charge in [0.05, 0.1) is 18.3 Å². The van der Waals surface area contributed by atoms with Gasteiger partial charge in [-0.2, -0.15) is 0 Å². The second-order valence-electron chi connectivity index (χ2n) is 9.20. The highest BCUT2D eigenvalue weighted by Crippen LogP contribution is 2.38. The third kappa shape index (κ3) is 4.91. The van der Waals surface area contributed by atoms with E-state index in [2.05, 4.69) is 6.58 Å². The lowest BCUT2D eigenvalue weighted by Crippen LogP contribution is -2.45. The zero-order valence-electron chi connectivity index (χ0n) is 19.5. The summed E-state index contributed by atoms with van der Waals surface area (Å²) in [6.07, 6.45) is 4.64. The third-order valence-corrected chi connectivity index (χ3v) is 8.55. The minimum absolute atomic E-state index is 0.0176. The summed E-state index contributed by atoms with van der Waals surface area (Å²) in [6, 6.07) is 9.29. The highest BCUT2D eigenvalue weighted by Gasteiger charge is 2.47. The van der Waals surface area contributed by atoms with E-state index in [1.807, 2.05) is 44.2 Å². The first-order chi connectivity index (χ1) is 15.1. The molecule has 7 nitrogen and oxygen atoms in total. The van der Waals surface area contributed by atoms with Gasteiger partial charge in [0.2, 0.25) is 15.9 Å². The monoisotopic (exact) mass is 461 g/mol. The molecule has 0 N–H and O–H groups in total. The minimum atomic E-state index is -3.22. The van der Waals surface area contributed by atoms with Crippen molar-refractivity contribution < 1.29 is 18.0 Å². The molecule has 3 rings (SSSR count). The zero-order chi connectivity index (χ0) is 23.6. The van der Waals surface area contributed by atoms with E-state index in [0.29, 0.717) is 25.9 Å². The van der Waals surface area contributed by atoms with Crippen LogP contribution < -0.4 is 0 Å². The average Bonchev–Trinajstić information content (AvgIpc) is 3.01. The second kappa shape index (κ2) is 9.75. The lowest BCUT2D eigenvalue weighted by molar-refractivity contribution is -0.130. The summed E-state index contributed by atoms with van der Waals surface area (Å²) >= 11 is 0. The molecule has 4 unspecified atom stereocenters. The summed E-state index contributed by atoms with van der Waals surface area (Å²) in [6.45, 7) is 8.73. The van der Waals surface area contributed by atoms with Crippen LogP contribution in [-0.2, 0) is 14.8 Å². The van der Waals surface area contributed by atoms with Crippen LogP contribution in [0.3, 0.4) is 0 Å². The summed E-state index contributed by atoms with van der Waals surface area (Å²) in [5.41, 5.74) is 1.06. The Morgan fingerprint density at radius 3 is 2.34 bits per heavy atom. The molecule has 1 aromatic carbocycles. The Balaban J connectivity index is 1.85. The molecule has 0 spiro atoms. The zero-order valence-corrected chi connectivity index (χ0v) is 20.3. The summed E-state index contributed by atoms with van der Waals surface area (Å²) in [7, 11) is -1.48. The molecule has 0 radical (unpaired) electrons. The maximum absolute atomic E-state index is 13.6. The lowest BCUT2D eigenvalue weighted by Gasteiger charge is -2.36. The first kappa shape index (κ1) is 24.5. The molecule has 3 amide bonds. The first-order valence-electron chi connectivity index (χ1n) is 11.3. The molecule has 0 saturated carbocycles. The predicted octanol–water partition coefficient (Wildman–Crippen LogP) is 3.31. The fourth-order valence-corrected chi connectivity index (χ4v) is 6.03. The van der Waals surface area contributed by atoms with E-state index in [1.165, 1.54) is 15.5 Å². The molecule has 1 aromatic rings. The Hall–Kier alpha value is -2.19. The number of nitrogens with zero attached hydrogens (tertiary/aromatic N) is 3. The van der Waals surface area contributed by atoms with Crippen molar-refractivity contribution in [3.8, 4) is 0 Å². The quantitative estimate of drug-likeness (QED) is 0.584. The number of benzene rings is 1. The number of hydrogen-bond acceptors (Lipinski definition) is 4. The fraction of sp³-hybridized carbons (Fsp3) is 0.583. The summed E-state index contributed by atoms with van der Waals surface area (Å²) in [5, 5.41) is 0. The van der Waals surface area contributed by atoms with E-state index < -0.39 is 10.0 Å². The summed E-state index contributed by atoms with van der Waals surface area (Å²) in [4.78, 5) is 29.6. The molecule has 0 aliphatic carbocycles. The van der Waals surface area contributed by atoms with Crippen molar-refractivity contribution in [2.24, 2.45) is 11.8 Å². The number of urea groups is 1. The van der Waals surface area contributed by atoms with Crippen LogP contribution in [0.15, 0.2) is 43.0 Å². The van der Waals surface area contributed by atoms with Crippen molar-refractivity contribution in [2.45, 2.75) is 51.1 Å². The maximum atomic E-state index is 13.6. The Bertz CT molecular complexity index is 941. The Morgan fingerprint density at radius 1 is 1.22 bits per heavy atom. The van der Waals surface area contributed by atoms with Crippen LogP contribution in [-0.4, -0.2) is 72.9 Å². The van der Waals surface area contributed by atoms with E-state index in [1.54, 1.807) is 18.0 Å². The number of imide groups is 1. The normalized spacial score (nSPS) is 25.1. The van der Waals surface area contributed by atoms with Crippen LogP contribution in [0, 0.1) is 11.8 Å². The molecule has 32 heavy (non-hydrogen) atoms. The van der Waals surface area contributed by atoms with E-state index in [4.69, 9.17) is 0 Å². The molecule has 0 aromatic heterocycles. The Labute approximate surface area is 192 Å². The van der Waals surface area contributed by atoms with Gasteiger partial charge in [-0.3, -0.25) is 9.69 Å². The summed E-state index contributed by atoms with van der Waals surface area (Å²) in [5.74, 6) is -0.0954. The van der Waals surface area contributed by atoms with Gasteiger partial charge >= 0.3 is 6.03 Å². The van der Waals surface area contributed by atoms with Crippen LogP contribution in [0.4, 0.5) is 4.79 Å². The maximum Gasteiger partial charge on any atom is 0.327 e. The molecular weight excluding hydrogens is 426 g/mol. The van der Waals surface area contributed by atoms with Gasteiger partial charge in [0, 0.05) is 26.6 Å². The van der Waals surface area contributed by atoms with Crippen LogP contribution in [0.5, 0.6) is 0 Å². The third-order valence-electron chi connectivity index (χ3n) is 7.25. The van der Waals surface area contributed by atoms with Crippen molar-refractivity contribution in [3.63, 3.8) is 0 Å². The standard InChI is InChI=1S/C24H35N3O4S/c1-6-17(2)23-18(3)25(4)24(29)27(23)22(28)16-21(19-10-8-7-9-11-19)20-12-14-26(15-13-20)32(5,30)31/h6-11,17-18,20-21,23H,1,12-16H2,2-5H3. The van der Waals surface area contributed by atoms with Crippen LogP contribution >= 0.6 is 0 Å². The molecule has 176 valence electrons. The molecule has 2 aliphatic rings. The minimum Gasteiger partial charge on any atom is -0.323 e. The van der Waals surface area contributed by atoms with E-state index in [-0.39, 0.29) is 48.2 Å². The number of hydrogen-bond donors (Lipinski definition) is 0.